The summed E-state index contributed by atoms with van der Waals surface area (Å²) >= 11 is 0. The zero-order chi connectivity index (χ0) is 25.2. The molecule has 0 aliphatic carbocycles. The number of aromatic nitrogens is 1. The van der Waals surface area contributed by atoms with Crippen LogP contribution in [-0.2, 0) is 4.79 Å². The molecule has 0 saturated heterocycles. The van der Waals surface area contributed by atoms with Gasteiger partial charge < -0.3 is 26.7 Å². The van der Waals surface area contributed by atoms with Crippen LogP contribution in [0.15, 0.2) is 79.0 Å². The van der Waals surface area contributed by atoms with Gasteiger partial charge >= 0.3 is 0 Å². The SMILES string of the molecule is Cc1cccc(C(=O)Nc2cccc(Nc3ccc4c(c3)NC(=O)C4=Cc3cc(C(N)=O)c[nH]3)c2)c1. The molecular formula is C28H23N5O3. The average Bonchev–Trinajstić information content (AvgIpc) is 3.44. The zero-order valence-corrected chi connectivity index (χ0v) is 19.4. The molecule has 3 aromatic carbocycles. The van der Waals surface area contributed by atoms with Gasteiger partial charge in [0.1, 0.15) is 0 Å². The van der Waals surface area contributed by atoms with Gasteiger partial charge in [-0.15, -0.1) is 0 Å². The summed E-state index contributed by atoms with van der Waals surface area (Å²) in [6.07, 6.45) is 3.19. The normalized spacial score (nSPS) is 13.2. The van der Waals surface area contributed by atoms with Gasteiger partial charge in [0.25, 0.3) is 11.8 Å². The number of nitrogens with one attached hydrogen (secondary N) is 4. The van der Waals surface area contributed by atoms with Crippen LogP contribution in [-0.4, -0.2) is 22.7 Å². The Hall–Kier alpha value is -5.11. The third-order valence-corrected chi connectivity index (χ3v) is 5.78. The Labute approximate surface area is 207 Å². The molecule has 4 aromatic rings. The fourth-order valence-electron chi connectivity index (χ4n) is 4.04. The number of rotatable bonds is 6. The first-order chi connectivity index (χ1) is 17.4. The van der Waals surface area contributed by atoms with Gasteiger partial charge in [0.15, 0.2) is 0 Å². The Morgan fingerprint density at radius 2 is 1.67 bits per heavy atom. The van der Waals surface area contributed by atoms with E-state index in [2.05, 4.69) is 20.9 Å². The highest BCUT2D eigenvalue weighted by molar-refractivity contribution is 6.35. The number of benzene rings is 3. The van der Waals surface area contributed by atoms with Crippen molar-refractivity contribution < 1.29 is 14.4 Å². The highest BCUT2D eigenvalue weighted by Crippen LogP contribution is 2.36. The number of carbonyl (C=O) groups excluding carboxylic acids is 3. The van der Waals surface area contributed by atoms with Crippen molar-refractivity contribution in [3.63, 3.8) is 0 Å². The summed E-state index contributed by atoms with van der Waals surface area (Å²) < 4.78 is 0. The van der Waals surface area contributed by atoms with Crippen LogP contribution in [0.4, 0.5) is 22.7 Å². The Morgan fingerprint density at radius 3 is 2.44 bits per heavy atom. The number of primary amides is 1. The van der Waals surface area contributed by atoms with Gasteiger partial charge in [0, 0.05) is 40.1 Å². The molecule has 3 amide bonds. The molecule has 178 valence electrons. The molecule has 5 rings (SSSR count). The van der Waals surface area contributed by atoms with Gasteiger partial charge in [-0.25, -0.2) is 0 Å². The Kier molecular flexibility index (Phi) is 5.83. The Balaban J connectivity index is 1.33. The van der Waals surface area contributed by atoms with E-state index in [4.69, 9.17) is 5.73 Å². The van der Waals surface area contributed by atoms with Crippen LogP contribution in [0.3, 0.4) is 0 Å². The van der Waals surface area contributed by atoms with E-state index in [9.17, 15) is 14.4 Å². The van der Waals surface area contributed by atoms with Crippen LogP contribution in [0.2, 0.25) is 0 Å². The van der Waals surface area contributed by atoms with Crippen LogP contribution < -0.4 is 21.7 Å². The molecule has 0 radical (unpaired) electrons. The van der Waals surface area contributed by atoms with Gasteiger partial charge in [-0.3, -0.25) is 14.4 Å². The van der Waals surface area contributed by atoms with Crippen molar-refractivity contribution in [2.45, 2.75) is 6.92 Å². The lowest BCUT2D eigenvalue weighted by molar-refractivity contribution is -0.110. The second-order valence-corrected chi connectivity index (χ2v) is 8.51. The quantitative estimate of drug-likeness (QED) is 0.253. The summed E-state index contributed by atoms with van der Waals surface area (Å²) in [6, 6.07) is 22.0. The maximum absolute atomic E-state index is 12.6. The lowest BCUT2D eigenvalue weighted by atomic mass is 10.1. The highest BCUT2D eigenvalue weighted by atomic mass is 16.2. The topological polar surface area (TPSA) is 129 Å². The van der Waals surface area contributed by atoms with E-state index in [1.807, 2.05) is 67.6 Å². The smallest absolute Gasteiger partial charge is 0.256 e. The van der Waals surface area contributed by atoms with Crippen LogP contribution in [0.25, 0.3) is 11.6 Å². The lowest BCUT2D eigenvalue weighted by Gasteiger charge is -2.11. The number of anilines is 4. The van der Waals surface area contributed by atoms with Crippen molar-refractivity contribution in [1.82, 2.24) is 4.98 Å². The van der Waals surface area contributed by atoms with Crippen LogP contribution >= 0.6 is 0 Å². The summed E-state index contributed by atoms with van der Waals surface area (Å²) in [5, 5.41) is 9.11. The minimum atomic E-state index is -0.540. The second kappa shape index (κ2) is 9.27. The largest absolute Gasteiger partial charge is 0.366 e. The average molecular weight is 478 g/mol. The van der Waals surface area contributed by atoms with Gasteiger partial charge in [-0.2, -0.15) is 0 Å². The molecule has 0 fully saturated rings. The third kappa shape index (κ3) is 4.74. The van der Waals surface area contributed by atoms with Gasteiger partial charge in [0.05, 0.1) is 16.8 Å². The summed E-state index contributed by atoms with van der Waals surface area (Å²) in [5.41, 5.74) is 12.0. The van der Waals surface area contributed by atoms with E-state index in [1.54, 1.807) is 18.2 Å². The molecule has 0 saturated carbocycles. The first-order valence-electron chi connectivity index (χ1n) is 11.3. The minimum Gasteiger partial charge on any atom is -0.366 e. The maximum atomic E-state index is 12.6. The van der Waals surface area contributed by atoms with Crippen molar-refractivity contribution in [2.75, 3.05) is 16.0 Å². The molecule has 0 bridgehead atoms. The molecule has 1 aromatic heterocycles. The zero-order valence-electron chi connectivity index (χ0n) is 19.4. The summed E-state index contributed by atoms with van der Waals surface area (Å²) in [5.74, 6) is -0.958. The second-order valence-electron chi connectivity index (χ2n) is 8.51. The number of fused-ring (bicyclic) bond motifs is 1. The molecule has 8 nitrogen and oxygen atoms in total. The number of aromatic amines is 1. The van der Waals surface area contributed by atoms with Crippen molar-refractivity contribution in [3.05, 3.63) is 107 Å². The maximum Gasteiger partial charge on any atom is 0.256 e. The van der Waals surface area contributed by atoms with E-state index in [0.29, 0.717) is 33.8 Å². The van der Waals surface area contributed by atoms with Crippen LogP contribution in [0, 0.1) is 6.92 Å². The molecule has 6 N–H and O–H groups in total. The fraction of sp³-hybridized carbons (Fsp3) is 0.0357. The van der Waals surface area contributed by atoms with Crippen LogP contribution in [0.1, 0.15) is 37.5 Å². The van der Waals surface area contributed by atoms with E-state index in [1.165, 1.54) is 6.20 Å². The predicted octanol–water partition coefficient (Wildman–Crippen LogP) is 4.91. The summed E-state index contributed by atoms with van der Waals surface area (Å²) in [4.78, 5) is 39.4. The number of hydrogen-bond donors (Lipinski definition) is 5. The number of hydrogen-bond acceptors (Lipinski definition) is 4. The van der Waals surface area contributed by atoms with E-state index in [-0.39, 0.29) is 11.8 Å². The predicted molar refractivity (Wildman–Crippen MR) is 141 cm³/mol. The van der Waals surface area contributed by atoms with Crippen molar-refractivity contribution in [2.24, 2.45) is 5.73 Å². The standard InChI is InChI=1S/C28H23N5O3/c1-16-4-2-5-17(10-16)27(35)32-20-7-3-6-19(12-20)31-21-8-9-23-24(28(36)33-25(23)14-21)13-22-11-18(15-30-22)26(29)34/h2-15,30-31H,1H3,(H2,29,34)(H,32,35)(H,33,36). The van der Waals surface area contributed by atoms with E-state index < -0.39 is 5.91 Å². The summed E-state index contributed by atoms with van der Waals surface area (Å²) in [6.45, 7) is 1.94. The number of carbonyl (C=O) groups is 3. The lowest BCUT2D eigenvalue weighted by Crippen LogP contribution is -2.12. The van der Waals surface area contributed by atoms with Crippen molar-refractivity contribution in [3.8, 4) is 0 Å². The number of amides is 3. The monoisotopic (exact) mass is 477 g/mol. The molecule has 0 atom stereocenters. The van der Waals surface area contributed by atoms with Gasteiger partial charge in [-0.05, 0) is 61.5 Å². The first-order valence-corrected chi connectivity index (χ1v) is 11.3. The number of aryl methyl sites for hydroxylation is 1. The van der Waals surface area contributed by atoms with E-state index in [0.717, 1.165) is 22.5 Å². The Bertz CT molecular complexity index is 1550. The molecule has 1 aliphatic heterocycles. The number of nitrogens with two attached hydrogens (primary N) is 1. The molecule has 0 spiro atoms. The third-order valence-electron chi connectivity index (χ3n) is 5.78. The highest BCUT2D eigenvalue weighted by Gasteiger charge is 2.24. The molecule has 0 unspecified atom stereocenters. The minimum absolute atomic E-state index is 0.180. The fourth-order valence-corrected chi connectivity index (χ4v) is 4.04. The van der Waals surface area contributed by atoms with Crippen molar-refractivity contribution in [1.29, 1.82) is 0 Å². The Morgan fingerprint density at radius 1 is 0.889 bits per heavy atom. The van der Waals surface area contributed by atoms with E-state index >= 15 is 0 Å². The van der Waals surface area contributed by atoms with Gasteiger partial charge in [-0.1, -0.05) is 29.8 Å². The molecule has 8 heteroatoms. The van der Waals surface area contributed by atoms with Crippen molar-refractivity contribution >= 4 is 52.1 Å². The van der Waals surface area contributed by atoms with Crippen LogP contribution in [0.5, 0.6) is 0 Å². The molecular weight excluding hydrogens is 454 g/mol. The molecule has 36 heavy (non-hydrogen) atoms. The summed E-state index contributed by atoms with van der Waals surface area (Å²) in [7, 11) is 0. The molecule has 2 heterocycles. The molecule has 1 aliphatic rings. The first kappa shape index (κ1) is 22.7. The van der Waals surface area contributed by atoms with Gasteiger partial charge in [0.2, 0.25) is 5.91 Å². The number of H-pyrrole nitrogens is 1.